The molecule has 0 aliphatic rings. The third-order valence-corrected chi connectivity index (χ3v) is 1.94. The van der Waals surface area contributed by atoms with E-state index in [1.54, 1.807) is 0 Å². The average Bonchev–Trinajstić information content (AvgIpc) is 2.28. The number of hydrogen-bond acceptors (Lipinski definition) is 4. The smallest absolute Gasteiger partial charge is 0.343 e. The van der Waals surface area contributed by atoms with Crippen molar-refractivity contribution in [1.29, 1.82) is 0 Å². The van der Waals surface area contributed by atoms with Crippen molar-refractivity contribution in [3.63, 3.8) is 0 Å². The normalized spacial score (nSPS) is 9.12. The molecule has 0 radical (unpaired) electrons. The van der Waals surface area contributed by atoms with Gasteiger partial charge in [0.2, 0.25) is 0 Å². The number of ether oxygens (including phenoxy) is 2. The van der Waals surface area contributed by atoms with Crippen molar-refractivity contribution in [2.24, 2.45) is 5.73 Å². The van der Waals surface area contributed by atoms with Crippen molar-refractivity contribution >= 4 is 18.4 Å². The fourth-order valence-electron chi connectivity index (χ4n) is 1.12. The molecule has 0 atom stereocenters. The maximum Gasteiger partial charge on any atom is 0.343 e. The van der Waals surface area contributed by atoms with Gasteiger partial charge in [-0.1, -0.05) is 12.1 Å². The van der Waals surface area contributed by atoms with Gasteiger partial charge in [0.25, 0.3) is 0 Å². The molecule has 0 saturated carbocycles. The lowest BCUT2D eigenvalue weighted by atomic mass is 10.1. The number of carbonyl (C=O) groups is 1. The molecular formula is C11H16ClNO3. The van der Waals surface area contributed by atoms with Crippen LogP contribution in [-0.2, 0) is 16.0 Å². The van der Waals surface area contributed by atoms with Gasteiger partial charge in [0, 0.05) is 0 Å². The average molecular weight is 246 g/mol. The van der Waals surface area contributed by atoms with E-state index in [-0.39, 0.29) is 25.0 Å². The van der Waals surface area contributed by atoms with Gasteiger partial charge in [-0.2, -0.15) is 0 Å². The fourth-order valence-corrected chi connectivity index (χ4v) is 1.12. The molecule has 2 N–H and O–H groups in total. The highest BCUT2D eigenvalue weighted by atomic mass is 35.5. The van der Waals surface area contributed by atoms with Crippen LogP contribution >= 0.6 is 12.4 Å². The molecule has 0 spiro atoms. The predicted molar refractivity (Wildman–Crippen MR) is 64.0 cm³/mol. The quantitative estimate of drug-likeness (QED) is 0.791. The maximum absolute atomic E-state index is 10.8. The zero-order valence-corrected chi connectivity index (χ0v) is 9.96. The molecule has 1 aromatic carbocycles. The van der Waals surface area contributed by atoms with E-state index in [2.05, 4.69) is 4.74 Å². The first-order valence-electron chi connectivity index (χ1n) is 4.75. The lowest BCUT2D eigenvalue weighted by Gasteiger charge is -2.05. The summed E-state index contributed by atoms with van der Waals surface area (Å²) >= 11 is 0. The van der Waals surface area contributed by atoms with Gasteiger partial charge in [0.15, 0.2) is 6.61 Å². The SMILES string of the molecule is COC(=O)COc1ccc(CCN)cc1.Cl. The van der Waals surface area contributed by atoms with Crippen LogP contribution in [0.3, 0.4) is 0 Å². The van der Waals surface area contributed by atoms with Crippen LogP contribution in [0.5, 0.6) is 5.75 Å². The highest BCUT2D eigenvalue weighted by Crippen LogP contribution is 2.12. The van der Waals surface area contributed by atoms with Crippen LogP contribution in [-0.4, -0.2) is 26.2 Å². The second-order valence-corrected chi connectivity index (χ2v) is 3.05. The first kappa shape index (κ1) is 14.7. The Morgan fingerprint density at radius 1 is 1.31 bits per heavy atom. The Morgan fingerprint density at radius 2 is 1.94 bits per heavy atom. The Morgan fingerprint density at radius 3 is 2.44 bits per heavy atom. The molecule has 16 heavy (non-hydrogen) atoms. The summed E-state index contributed by atoms with van der Waals surface area (Å²) in [4.78, 5) is 10.8. The number of nitrogens with two attached hydrogens (primary N) is 1. The molecule has 0 heterocycles. The van der Waals surface area contributed by atoms with Crippen LogP contribution in [0, 0.1) is 0 Å². The summed E-state index contributed by atoms with van der Waals surface area (Å²) in [6.45, 7) is 0.565. The Labute approximate surface area is 101 Å². The molecule has 90 valence electrons. The fraction of sp³-hybridized carbons (Fsp3) is 0.364. The van der Waals surface area contributed by atoms with E-state index in [4.69, 9.17) is 10.5 Å². The summed E-state index contributed by atoms with van der Waals surface area (Å²) in [5.74, 6) is 0.266. The number of rotatable bonds is 5. The van der Waals surface area contributed by atoms with Gasteiger partial charge in [-0.25, -0.2) is 4.79 Å². The predicted octanol–water partition coefficient (Wildman–Crippen LogP) is 1.16. The summed E-state index contributed by atoms with van der Waals surface area (Å²) < 4.78 is 9.64. The summed E-state index contributed by atoms with van der Waals surface area (Å²) in [5, 5.41) is 0. The van der Waals surface area contributed by atoms with Crippen molar-refractivity contribution in [2.75, 3.05) is 20.3 Å². The van der Waals surface area contributed by atoms with Gasteiger partial charge in [-0.3, -0.25) is 0 Å². The minimum atomic E-state index is -0.388. The summed E-state index contributed by atoms with van der Waals surface area (Å²) in [5.41, 5.74) is 6.58. The molecule has 0 fully saturated rings. The lowest BCUT2D eigenvalue weighted by molar-refractivity contribution is -0.142. The van der Waals surface area contributed by atoms with Crippen molar-refractivity contribution < 1.29 is 14.3 Å². The maximum atomic E-state index is 10.8. The van der Waals surface area contributed by atoms with Crippen molar-refractivity contribution in [3.05, 3.63) is 29.8 Å². The van der Waals surface area contributed by atoms with Gasteiger partial charge in [-0.15, -0.1) is 12.4 Å². The Balaban J connectivity index is 0.00000225. The first-order valence-corrected chi connectivity index (χ1v) is 4.75. The lowest BCUT2D eigenvalue weighted by Crippen LogP contribution is -2.12. The third kappa shape index (κ3) is 5.00. The number of benzene rings is 1. The molecule has 1 aromatic rings. The van der Waals surface area contributed by atoms with Gasteiger partial charge >= 0.3 is 5.97 Å². The number of halogens is 1. The van der Waals surface area contributed by atoms with Crippen LogP contribution in [0.2, 0.25) is 0 Å². The zero-order chi connectivity index (χ0) is 11.1. The Kier molecular flexibility index (Phi) is 7.33. The molecule has 4 nitrogen and oxygen atoms in total. The standard InChI is InChI=1S/C11H15NO3.ClH/c1-14-11(13)8-15-10-4-2-9(3-5-10)6-7-12;/h2-5H,6-8,12H2,1H3;1H. The highest BCUT2D eigenvalue weighted by molar-refractivity contribution is 5.85. The number of esters is 1. The Bertz CT molecular complexity index is 314. The summed E-state index contributed by atoms with van der Waals surface area (Å²) in [6.07, 6.45) is 0.845. The van der Waals surface area contributed by atoms with E-state index in [0.29, 0.717) is 12.3 Å². The van der Waals surface area contributed by atoms with Gasteiger partial charge < -0.3 is 15.2 Å². The Hall–Kier alpha value is -1.26. The monoisotopic (exact) mass is 245 g/mol. The van der Waals surface area contributed by atoms with E-state index in [0.717, 1.165) is 12.0 Å². The minimum Gasteiger partial charge on any atom is -0.482 e. The van der Waals surface area contributed by atoms with Crippen LogP contribution in [0.25, 0.3) is 0 Å². The molecule has 5 heteroatoms. The molecular weight excluding hydrogens is 230 g/mol. The van der Waals surface area contributed by atoms with Gasteiger partial charge in [0.1, 0.15) is 5.75 Å². The second-order valence-electron chi connectivity index (χ2n) is 3.05. The summed E-state index contributed by atoms with van der Waals surface area (Å²) in [6, 6.07) is 7.49. The van der Waals surface area contributed by atoms with Crippen LogP contribution in [0.1, 0.15) is 5.56 Å². The van der Waals surface area contributed by atoms with Crippen LogP contribution < -0.4 is 10.5 Å². The third-order valence-electron chi connectivity index (χ3n) is 1.94. The number of methoxy groups -OCH3 is 1. The van der Waals surface area contributed by atoms with Crippen molar-refractivity contribution in [1.82, 2.24) is 0 Å². The molecule has 0 unspecified atom stereocenters. The van der Waals surface area contributed by atoms with Crippen LogP contribution in [0.4, 0.5) is 0 Å². The second kappa shape index (κ2) is 7.96. The number of carbonyl (C=O) groups excluding carboxylic acids is 1. The van der Waals surface area contributed by atoms with E-state index in [1.807, 2.05) is 24.3 Å². The topological polar surface area (TPSA) is 61.5 Å². The van der Waals surface area contributed by atoms with Gasteiger partial charge in [-0.05, 0) is 30.7 Å². The molecule has 1 rings (SSSR count). The number of hydrogen-bond donors (Lipinski definition) is 1. The van der Waals surface area contributed by atoms with Gasteiger partial charge in [0.05, 0.1) is 7.11 Å². The highest BCUT2D eigenvalue weighted by Gasteiger charge is 2.01. The molecule has 0 aliphatic carbocycles. The minimum absolute atomic E-state index is 0. The summed E-state index contributed by atoms with van der Waals surface area (Å²) in [7, 11) is 1.33. The van der Waals surface area contributed by atoms with E-state index in [1.165, 1.54) is 7.11 Å². The van der Waals surface area contributed by atoms with E-state index in [9.17, 15) is 4.79 Å². The van der Waals surface area contributed by atoms with E-state index < -0.39 is 0 Å². The molecule has 0 aliphatic heterocycles. The van der Waals surface area contributed by atoms with Crippen LogP contribution in [0.15, 0.2) is 24.3 Å². The molecule has 0 saturated heterocycles. The van der Waals surface area contributed by atoms with Crippen molar-refractivity contribution in [3.8, 4) is 5.75 Å². The molecule has 0 amide bonds. The zero-order valence-electron chi connectivity index (χ0n) is 9.14. The largest absolute Gasteiger partial charge is 0.482 e. The molecule has 0 aromatic heterocycles. The molecule has 0 bridgehead atoms. The van der Waals surface area contributed by atoms with Crippen molar-refractivity contribution in [2.45, 2.75) is 6.42 Å². The first-order chi connectivity index (χ1) is 7.26. The van der Waals surface area contributed by atoms with E-state index >= 15 is 0 Å².